The molecule has 144 valence electrons. The molecule has 28 heavy (non-hydrogen) atoms. The highest BCUT2D eigenvalue weighted by Crippen LogP contribution is 2.36. The number of hydrogen-bond donors (Lipinski definition) is 1. The van der Waals surface area contributed by atoms with E-state index in [0.29, 0.717) is 27.9 Å². The summed E-state index contributed by atoms with van der Waals surface area (Å²) in [4.78, 5) is 17.3. The quantitative estimate of drug-likeness (QED) is 0.574. The van der Waals surface area contributed by atoms with E-state index >= 15 is 0 Å². The lowest BCUT2D eigenvalue weighted by Crippen LogP contribution is -2.25. The highest BCUT2D eigenvalue weighted by atomic mass is 35.5. The van der Waals surface area contributed by atoms with Gasteiger partial charge in [-0.05, 0) is 48.4 Å². The van der Waals surface area contributed by atoms with E-state index in [4.69, 9.17) is 38.3 Å². The molecule has 0 bridgehead atoms. The maximum Gasteiger partial charge on any atom is 0.346 e. The highest BCUT2D eigenvalue weighted by molar-refractivity contribution is 6.37. The predicted molar refractivity (Wildman–Crippen MR) is 108 cm³/mol. The molecule has 1 aliphatic rings. The van der Waals surface area contributed by atoms with Crippen molar-refractivity contribution in [2.75, 3.05) is 18.0 Å². The second kappa shape index (κ2) is 8.51. The Labute approximate surface area is 172 Å². The number of pyridine rings is 1. The molecule has 1 fully saturated rings. The maximum absolute atomic E-state index is 10.9. The smallest absolute Gasteiger partial charge is 0.346 e. The Bertz CT molecular complexity index is 945. The van der Waals surface area contributed by atoms with Crippen molar-refractivity contribution in [2.24, 2.45) is 0 Å². The molecule has 2 aromatic rings. The number of ether oxygens (including phenoxy) is 1. The lowest BCUT2D eigenvalue weighted by Gasteiger charge is -2.19. The monoisotopic (exact) mass is 417 g/mol. The summed E-state index contributed by atoms with van der Waals surface area (Å²) in [5.41, 5.74) is 1.18. The molecule has 1 atom stereocenters. The van der Waals surface area contributed by atoms with Crippen molar-refractivity contribution >= 4 is 41.1 Å². The highest BCUT2D eigenvalue weighted by Gasteiger charge is 2.26. The first-order valence-electron chi connectivity index (χ1n) is 8.55. The molecule has 0 aliphatic carbocycles. The third-order valence-corrected chi connectivity index (χ3v) is 4.89. The van der Waals surface area contributed by atoms with Crippen molar-refractivity contribution in [1.29, 1.82) is 5.26 Å². The van der Waals surface area contributed by atoms with Gasteiger partial charge in [0, 0.05) is 19.2 Å². The summed E-state index contributed by atoms with van der Waals surface area (Å²) in [5.74, 6) is -0.0235. The Morgan fingerprint density at radius 3 is 2.68 bits per heavy atom. The summed E-state index contributed by atoms with van der Waals surface area (Å²) in [6.07, 6.45) is 3.55. The Kier molecular flexibility index (Phi) is 6.08. The second-order valence-electron chi connectivity index (χ2n) is 6.46. The summed E-state index contributed by atoms with van der Waals surface area (Å²) >= 11 is 12.5. The van der Waals surface area contributed by atoms with Gasteiger partial charge in [0.15, 0.2) is 5.75 Å². The van der Waals surface area contributed by atoms with Gasteiger partial charge in [0.25, 0.3) is 0 Å². The topological polar surface area (TPSA) is 86.5 Å². The third kappa shape index (κ3) is 4.56. The lowest BCUT2D eigenvalue weighted by molar-refractivity contribution is -0.132. The molecular weight excluding hydrogens is 401 g/mol. The number of carboxylic acid groups (broad SMARTS) is 1. The Hall–Kier alpha value is -2.75. The van der Waals surface area contributed by atoms with E-state index in [2.05, 4.69) is 9.88 Å². The number of nitriles is 1. The predicted octanol–water partition coefficient (Wildman–Crippen LogP) is 4.35. The Balaban J connectivity index is 1.68. The molecule has 6 nitrogen and oxygen atoms in total. The number of rotatable bonds is 5. The molecule has 2 heterocycles. The second-order valence-corrected chi connectivity index (χ2v) is 7.27. The van der Waals surface area contributed by atoms with Gasteiger partial charge >= 0.3 is 5.97 Å². The van der Waals surface area contributed by atoms with Crippen LogP contribution in [0.5, 0.6) is 5.75 Å². The normalized spacial score (nSPS) is 16.7. The van der Waals surface area contributed by atoms with Gasteiger partial charge in [-0.1, -0.05) is 23.2 Å². The summed E-state index contributed by atoms with van der Waals surface area (Å²) in [6.45, 7) is 3.30. The molecular formula is C20H17Cl2N3O3. The van der Waals surface area contributed by atoms with Crippen LogP contribution >= 0.6 is 23.2 Å². The molecule has 8 heteroatoms. The van der Waals surface area contributed by atoms with Crippen LogP contribution in [-0.4, -0.2) is 35.3 Å². The Morgan fingerprint density at radius 2 is 2.11 bits per heavy atom. The van der Waals surface area contributed by atoms with Gasteiger partial charge in [-0.3, -0.25) is 0 Å². The molecule has 1 saturated heterocycles. The molecule has 1 unspecified atom stereocenters. The van der Waals surface area contributed by atoms with Crippen LogP contribution in [0.3, 0.4) is 0 Å². The summed E-state index contributed by atoms with van der Waals surface area (Å²) in [5, 5.41) is 18.7. The van der Waals surface area contributed by atoms with E-state index < -0.39 is 5.97 Å². The number of aliphatic carboxylic acids is 1. The average Bonchev–Trinajstić information content (AvgIpc) is 3.11. The van der Waals surface area contributed by atoms with E-state index in [1.807, 2.05) is 19.1 Å². The number of nitrogens with zero attached hydrogens (tertiary/aromatic N) is 3. The van der Waals surface area contributed by atoms with Crippen molar-refractivity contribution < 1.29 is 14.6 Å². The number of benzene rings is 1. The molecule has 1 N–H and O–H groups in total. The van der Waals surface area contributed by atoms with Crippen LogP contribution in [0, 0.1) is 18.3 Å². The zero-order chi connectivity index (χ0) is 20.3. The van der Waals surface area contributed by atoms with Crippen LogP contribution in [0.4, 0.5) is 5.82 Å². The lowest BCUT2D eigenvalue weighted by atomic mass is 10.2. The minimum Gasteiger partial charge on any atom is -0.485 e. The van der Waals surface area contributed by atoms with Crippen LogP contribution < -0.4 is 9.64 Å². The van der Waals surface area contributed by atoms with Crippen molar-refractivity contribution in [3.8, 4) is 11.8 Å². The van der Waals surface area contributed by atoms with Gasteiger partial charge in [0.2, 0.25) is 0 Å². The summed E-state index contributed by atoms with van der Waals surface area (Å²) < 4.78 is 6.02. The molecule has 3 rings (SSSR count). The minimum atomic E-state index is -1.26. The van der Waals surface area contributed by atoms with Gasteiger partial charge in [0.1, 0.15) is 23.6 Å². The van der Waals surface area contributed by atoms with Crippen molar-refractivity contribution in [1.82, 2.24) is 4.98 Å². The SMILES string of the molecule is Cc1cc(Cl)c(OC2CCN(c3ccc(C=C(C#N)C(=O)O)cn3)C2)c(Cl)c1. The molecule has 1 aromatic heterocycles. The van der Waals surface area contributed by atoms with Crippen molar-refractivity contribution in [2.45, 2.75) is 19.4 Å². The van der Waals surface area contributed by atoms with Gasteiger partial charge < -0.3 is 14.7 Å². The Morgan fingerprint density at radius 1 is 1.39 bits per heavy atom. The van der Waals surface area contributed by atoms with Gasteiger partial charge in [-0.25, -0.2) is 9.78 Å². The standard InChI is InChI=1S/C20H17Cl2N3O3/c1-12-6-16(21)19(17(22)7-12)28-15-4-5-25(11-15)18-3-2-13(10-24-18)8-14(9-23)20(26)27/h2-3,6-8,10,15H,4-5,11H2,1H3,(H,26,27). The van der Waals surface area contributed by atoms with E-state index in [1.54, 1.807) is 18.2 Å². The fourth-order valence-corrected chi connectivity index (χ4v) is 3.66. The molecule has 0 radical (unpaired) electrons. The molecule has 0 amide bonds. The fraction of sp³-hybridized carbons (Fsp3) is 0.250. The first kappa shape index (κ1) is 20.0. The fourth-order valence-electron chi connectivity index (χ4n) is 2.98. The molecule has 1 aliphatic heterocycles. The summed E-state index contributed by atoms with van der Waals surface area (Å²) in [7, 11) is 0. The number of hydrogen-bond acceptors (Lipinski definition) is 5. The van der Waals surface area contributed by atoms with E-state index in [9.17, 15) is 4.79 Å². The zero-order valence-electron chi connectivity index (χ0n) is 15.0. The first-order valence-corrected chi connectivity index (χ1v) is 9.31. The first-order chi connectivity index (χ1) is 13.4. The van der Waals surface area contributed by atoms with Crippen molar-refractivity contribution in [3.63, 3.8) is 0 Å². The van der Waals surface area contributed by atoms with Crippen LogP contribution in [0.15, 0.2) is 36.0 Å². The zero-order valence-corrected chi connectivity index (χ0v) is 16.5. The maximum atomic E-state index is 10.9. The van der Waals surface area contributed by atoms with Crippen LogP contribution in [-0.2, 0) is 4.79 Å². The number of carboxylic acids is 1. The number of halogens is 2. The third-order valence-electron chi connectivity index (χ3n) is 4.33. The van der Waals surface area contributed by atoms with Gasteiger partial charge in [-0.15, -0.1) is 0 Å². The number of aryl methyl sites for hydroxylation is 1. The number of carbonyl (C=O) groups is 1. The van der Waals surface area contributed by atoms with Crippen molar-refractivity contribution in [3.05, 3.63) is 57.2 Å². The molecule has 0 spiro atoms. The van der Waals surface area contributed by atoms with E-state index in [0.717, 1.165) is 24.3 Å². The minimum absolute atomic E-state index is 0.0729. The van der Waals surface area contributed by atoms with E-state index in [1.165, 1.54) is 12.3 Å². The average molecular weight is 418 g/mol. The summed E-state index contributed by atoms with van der Waals surface area (Å²) in [6, 6.07) is 8.79. The van der Waals surface area contributed by atoms with Gasteiger partial charge in [-0.2, -0.15) is 5.26 Å². The van der Waals surface area contributed by atoms with Gasteiger partial charge in [0.05, 0.1) is 16.6 Å². The number of anilines is 1. The van der Waals surface area contributed by atoms with Crippen LogP contribution in [0.25, 0.3) is 6.08 Å². The molecule has 0 saturated carbocycles. The largest absolute Gasteiger partial charge is 0.485 e. The van der Waals surface area contributed by atoms with Crippen LogP contribution in [0.2, 0.25) is 10.0 Å². The van der Waals surface area contributed by atoms with Crippen LogP contribution in [0.1, 0.15) is 17.5 Å². The van der Waals surface area contributed by atoms with E-state index in [-0.39, 0.29) is 11.7 Å². The molecule has 1 aromatic carbocycles. The number of aromatic nitrogens is 1.